The first-order valence-electron chi connectivity index (χ1n) is 11.6. The van der Waals surface area contributed by atoms with E-state index < -0.39 is 11.9 Å². The van der Waals surface area contributed by atoms with E-state index in [0.717, 1.165) is 41.7 Å². The van der Waals surface area contributed by atoms with Gasteiger partial charge in [-0.3, -0.25) is 4.79 Å². The lowest BCUT2D eigenvalue weighted by atomic mass is 9.92. The average molecular weight is 493 g/mol. The van der Waals surface area contributed by atoms with E-state index in [2.05, 4.69) is 6.08 Å². The molecule has 35 heavy (non-hydrogen) atoms. The van der Waals surface area contributed by atoms with Crippen LogP contribution < -0.4 is 4.74 Å². The minimum absolute atomic E-state index is 0.158. The molecule has 0 saturated carbocycles. The molecular weight excluding hydrogens is 464 g/mol. The van der Waals surface area contributed by atoms with Crippen molar-refractivity contribution in [3.63, 3.8) is 0 Å². The summed E-state index contributed by atoms with van der Waals surface area (Å²) < 4.78 is 6.06. The summed E-state index contributed by atoms with van der Waals surface area (Å²) in [5.74, 6) is -0.789. The number of ether oxygens (including phenoxy) is 1. The van der Waals surface area contributed by atoms with E-state index in [-0.39, 0.29) is 17.9 Å². The molecule has 3 aromatic rings. The zero-order valence-electron chi connectivity index (χ0n) is 19.4. The summed E-state index contributed by atoms with van der Waals surface area (Å²) >= 11 is 5.96. The summed E-state index contributed by atoms with van der Waals surface area (Å²) in [7, 11) is 0. The molecule has 0 fully saturated rings. The smallest absolute Gasteiger partial charge is 0.335 e. The molecule has 0 aromatic heterocycles. The molecule has 0 aliphatic rings. The van der Waals surface area contributed by atoms with Crippen LogP contribution in [0.2, 0.25) is 5.02 Å². The number of aliphatic carboxylic acids is 1. The van der Waals surface area contributed by atoms with Crippen molar-refractivity contribution >= 4 is 29.6 Å². The number of halogens is 1. The van der Waals surface area contributed by atoms with E-state index in [1.807, 2.05) is 66.7 Å². The Morgan fingerprint density at radius 1 is 0.886 bits per heavy atom. The van der Waals surface area contributed by atoms with Gasteiger partial charge in [0.05, 0.1) is 5.56 Å². The highest BCUT2D eigenvalue weighted by atomic mass is 35.5. The third kappa shape index (κ3) is 8.95. The van der Waals surface area contributed by atoms with Crippen LogP contribution in [-0.2, 0) is 17.8 Å². The lowest BCUT2D eigenvalue weighted by Gasteiger charge is -2.14. The number of unbranched alkanes of at least 4 members (excludes halogenated alkanes) is 1. The monoisotopic (exact) mass is 492 g/mol. The van der Waals surface area contributed by atoms with Crippen molar-refractivity contribution in [3.8, 4) is 5.75 Å². The van der Waals surface area contributed by atoms with Gasteiger partial charge in [0.1, 0.15) is 12.4 Å². The molecule has 0 radical (unpaired) electrons. The Balaban J connectivity index is 1.70. The van der Waals surface area contributed by atoms with E-state index in [0.29, 0.717) is 18.1 Å². The van der Waals surface area contributed by atoms with Gasteiger partial charge in [0, 0.05) is 17.0 Å². The summed E-state index contributed by atoms with van der Waals surface area (Å²) in [4.78, 5) is 22.0. The van der Waals surface area contributed by atoms with Gasteiger partial charge in [-0.15, -0.1) is 0 Å². The van der Waals surface area contributed by atoms with Crippen LogP contribution in [0.3, 0.4) is 0 Å². The molecule has 3 rings (SSSR count). The normalized spacial score (nSPS) is 11.9. The molecule has 2 N–H and O–H groups in total. The van der Waals surface area contributed by atoms with Crippen LogP contribution in [0.4, 0.5) is 0 Å². The van der Waals surface area contributed by atoms with Crippen molar-refractivity contribution in [2.75, 3.05) is 0 Å². The summed E-state index contributed by atoms with van der Waals surface area (Å²) in [6, 6.07) is 22.3. The summed E-state index contributed by atoms with van der Waals surface area (Å²) in [6.07, 6.45) is 7.32. The van der Waals surface area contributed by atoms with E-state index >= 15 is 0 Å². The fourth-order valence-corrected chi connectivity index (χ4v) is 3.89. The highest BCUT2D eigenvalue weighted by Gasteiger charge is 2.10. The number of carbonyl (C=O) groups is 2. The standard InChI is InChI=1S/C29H29ClO5/c30-26-17-12-23(13-18-26)20-35-27-7-3-2-6-24(27)14-9-21(5-1-4-8-28(31)32)19-22-10-15-25(16-11-22)29(33)34/h2-3,6-7,9-18,21H,1,4-5,8,19-20H2,(H,31,32)(H,33,34). The van der Waals surface area contributed by atoms with Crippen LogP contribution in [0.5, 0.6) is 5.75 Å². The second kappa shape index (κ2) is 13.4. The summed E-state index contributed by atoms with van der Waals surface area (Å²) in [6.45, 7) is 0.427. The fourth-order valence-electron chi connectivity index (χ4n) is 3.77. The number of para-hydroxylation sites is 1. The first-order valence-corrected chi connectivity index (χ1v) is 12.0. The van der Waals surface area contributed by atoms with Crippen LogP contribution in [0, 0.1) is 5.92 Å². The Morgan fingerprint density at radius 3 is 2.26 bits per heavy atom. The number of rotatable bonds is 13. The second-order valence-corrected chi connectivity index (χ2v) is 8.85. The number of carboxylic acid groups (broad SMARTS) is 2. The molecule has 0 amide bonds. The van der Waals surface area contributed by atoms with Gasteiger partial charge in [0.15, 0.2) is 0 Å². The van der Waals surface area contributed by atoms with Gasteiger partial charge in [-0.25, -0.2) is 4.79 Å². The zero-order chi connectivity index (χ0) is 25.0. The maximum absolute atomic E-state index is 11.1. The Bertz CT molecular complexity index is 1140. The number of allylic oxidation sites excluding steroid dienone is 1. The molecule has 0 saturated heterocycles. The molecule has 5 nitrogen and oxygen atoms in total. The molecule has 1 unspecified atom stereocenters. The van der Waals surface area contributed by atoms with E-state index in [9.17, 15) is 9.59 Å². The summed E-state index contributed by atoms with van der Waals surface area (Å²) in [5, 5.41) is 18.7. The van der Waals surface area contributed by atoms with E-state index in [1.165, 1.54) is 0 Å². The lowest BCUT2D eigenvalue weighted by molar-refractivity contribution is -0.137. The van der Waals surface area contributed by atoms with Crippen LogP contribution in [0.1, 0.15) is 52.7 Å². The number of aromatic carboxylic acids is 1. The number of carboxylic acids is 2. The second-order valence-electron chi connectivity index (χ2n) is 8.42. The van der Waals surface area contributed by atoms with E-state index in [1.54, 1.807) is 12.1 Å². The maximum Gasteiger partial charge on any atom is 0.335 e. The Hall–Kier alpha value is -3.57. The van der Waals surface area contributed by atoms with Gasteiger partial charge in [0.2, 0.25) is 0 Å². The number of benzene rings is 3. The van der Waals surface area contributed by atoms with Gasteiger partial charge in [-0.1, -0.05) is 72.6 Å². The predicted octanol–water partition coefficient (Wildman–Crippen LogP) is 7.13. The fraction of sp³-hybridized carbons (Fsp3) is 0.241. The Labute approximate surface area is 210 Å². The van der Waals surface area contributed by atoms with Gasteiger partial charge in [0.25, 0.3) is 0 Å². The van der Waals surface area contributed by atoms with Crippen LogP contribution >= 0.6 is 11.6 Å². The van der Waals surface area contributed by atoms with Gasteiger partial charge < -0.3 is 14.9 Å². The van der Waals surface area contributed by atoms with Crippen LogP contribution in [0.25, 0.3) is 6.08 Å². The summed E-state index contributed by atoms with van der Waals surface area (Å²) in [5.41, 5.74) is 3.27. The molecule has 0 aliphatic carbocycles. The molecule has 0 spiro atoms. The zero-order valence-corrected chi connectivity index (χ0v) is 20.2. The number of hydrogen-bond acceptors (Lipinski definition) is 3. The first kappa shape index (κ1) is 26.0. The van der Waals surface area contributed by atoms with Crippen molar-refractivity contribution in [2.24, 2.45) is 5.92 Å². The topological polar surface area (TPSA) is 83.8 Å². The maximum atomic E-state index is 11.1. The minimum Gasteiger partial charge on any atom is -0.488 e. The molecule has 3 aromatic carbocycles. The third-order valence-corrected chi connectivity index (χ3v) is 5.94. The molecule has 182 valence electrons. The molecule has 0 bridgehead atoms. The van der Waals surface area contributed by atoms with Crippen LogP contribution in [0.15, 0.2) is 78.9 Å². The van der Waals surface area contributed by atoms with E-state index in [4.69, 9.17) is 26.6 Å². The molecule has 0 aliphatic heterocycles. The predicted molar refractivity (Wildman–Crippen MR) is 138 cm³/mol. The molecule has 1 atom stereocenters. The molecule has 0 heterocycles. The van der Waals surface area contributed by atoms with Gasteiger partial charge >= 0.3 is 11.9 Å². The van der Waals surface area contributed by atoms with Crippen molar-refractivity contribution in [1.82, 2.24) is 0 Å². The van der Waals surface area contributed by atoms with Crippen molar-refractivity contribution < 1.29 is 24.5 Å². The molecule has 6 heteroatoms. The lowest BCUT2D eigenvalue weighted by Crippen LogP contribution is -2.04. The Morgan fingerprint density at radius 2 is 1.57 bits per heavy atom. The highest BCUT2D eigenvalue weighted by molar-refractivity contribution is 6.30. The SMILES string of the molecule is O=C(O)CCCCC(C=Cc1ccccc1OCc1ccc(Cl)cc1)Cc1ccc(C(=O)O)cc1. The van der Waals surface area contributed by atoms with Gasteiger partial charge in [-0.2, -0.15) is 0 Å². The molecular formula is C29H29ClO5. The Kier molecular flexibility index (Phi) is 9.93. The van der Waals surface area contributed by atoms with Crippen molar-refractivity contribution in [3.05, 3.63) is 106 Å². The quantitative estimate of drug-likeness (QED) is 0.248. The third-order valence-electron chi connectivity index (χ3n) is 5.69. The van der Waals surface area contributed by atoms with Crippen LogP contribution in [-0.4, -0.2) is 22.2 Å². The van der Waals surface area contributed by atoms with Gasteiger partial charge in [-0.05, 0) is 66.6 Å². The number of hydrogen-bond donors (Lipinski definition) is 2. The van der Waals surface area contributed by atoms with Crippen molar-refractivity contribution in [1.29, 1.82) is 0 Å². The minimum atomic E-state index is -0.947. The van der Waals surface area contributed by atoms with Crippen molar-refractivity contribution in [2.45, 2.75) is 38.7 Å². The largest absolute Gasteiger partial charge is 0.488 e. The first-order chi connectivity index (χ1) is 16.9. The average Bonchev–Trinajstić information content (AvgIpc) is 2.85. The highest BCUT2D eigenvalue weighted by Crippen LogP contribution is 2.24.